The number of ether oxygens (including phenoxy) is 2. The highest BCUT2D eigenvalue weighted by Gasteiger charge is 2.15. The summed E-state index contributed by atoms with van der Waals surface area (Å²) in [5.41, 5.74) is 1.60. The third kappa shape index (κ3) is 3.28. The van der Waals surface area contributed by atoms with Crippen LogP contribution in [0.1, 0.15) is 18.5 Å². The molecular formula is C16H17N3O3. The Morgan fingerprint density at radius 1 is 1.23 bits per heavy atom. The van der Waals surface area contributed by atoms with E-state index in [1.54, 1.807) is 24.5 Å². The number of carbonyl (C=O) groups excluding carboxylic acids is 1. The van der Waals surface area contributed by atoms with E-state index in [0.717, 1.165) is 11.3 Å². The number of aromatic nitrogens is 1. The number of nitrogens with one attached hydrogen (secondary N) is 2. The molecule has 3 rings (SSSR count). The van der Waals surface area contributed by atoms with Gasteiger partial charge in [-0.25, -0.2) is 4.79 Å². The molecule has 2 N–H and O–H groups in total. The van der Waals surface area contributed by atoms with Gasteiger partial charge in [-0.2, -0.15) is 0 Å². The third-order valence-corrected chi connectivity index (χ3v) is 3.33. The van der Waals surface area contributed by atoms with Crippen LogP contribution in [-0.2, 0) is 0 Å². The highest BCUT2D eigenvalue weighted by molar-refractivity contribution is 5.89. The van der Waals surface area contributed by atoms with Crippen molar-refractivity contribution in [3.05, 3.63) is 48.3 Å². The zero-order valence-corrected chi connectivity index (χ0v) is 12.2. The molecule has 0 bridgehead atoms. The van der Waals surface area contributed by atoms with Crippen LogP contribution in [0.15, 0.2) is 42.7 Å². The molecule has 114 valence electrons. The van der Waals surface area contributed by atoms with E-state index in [1.165, 1.54) is 0 Å². The predicted molar refractivity (Wildman–Crippen MR) is 82.2 cm³/mol. The fourth-order valence-corrected chi connectivity index (χ4v) is 2.21. The number of anilines is 1. The molecule has 6 heteroatoms. The van der Waals surface area contributed by atoms with Gasteiger partial charge in [-0.15, -0.1) is 0 Å². The van der Waals surface area contributed by atoms with Crippen LogP contribution < -0.4 is 20.1 Å². The topological polar surface area (TPSA) is 72.5 Å². The first kappa shape index (κ1) is 14.2. The zero-order chi connectivity index (χ0) is 15.4. The Hall–Kier alpha value is -2.76. The summed E-state index contributed by atoms with van der Waals surface area (Å²) in [6.07, 6.45) is 3.25. The lowest BCUT2D eigenvalue weighted by Crippen LogP contribution is -2.31. The van der Waals surface area contributed by atoms with Gasteiger partial charge in [0.1, 0.15) is 13.2 Å². The average Bonchev–Trinajstić information content (AvgIpc) is 2.55. The summed E-state index contributed by atoms with van der Waals surface area (Å²) >= 11 is 0. The molecule has 1 aliphatic rings. The first-order chi connectivity index (χ1) is 10.7. The van der Waals surface area contributed by atoms with Crippen LogP contribution in [0.2, 0.25) is 0 Å². The van der Waals surface area contributed by atoms with Gasteiger partial charge in [0.25, 0.3) is 0 Å². The van der Waals surface area contributed by atoms with E-state index >= 15 is 0 Å². The zero-order valence-electron chi connectivity index (χ0n) is 12.2. The van der Waals surface area contributed by atoms with Gasteiger partial charge in [0, 0.05) is 6.20 Å². The van der Waals surface area contributed by atoms with Crippen LogP contribution in [0, 0.1) is 0 Å². The summed E-state index contributed by atoms with van der Waals surface area (Å²) in [5, 5.41) is 5.61. The summed E-state index contributed by atoms with van der Waals surface area (Å²) in [5.74, 6) is 1.45. The first-order valence-corrected chi connectivity index (χ1v) is 7.09. The molecule has 0 saturated carbocycles. The van der Waals surface area contributed by atoms with Gasteiger partial charge in [-0.05, 0) is 36.8 Å². The fraction of sp³-hybridized carbons (Fsp3) is 0.250. The molecule has 6 nitrogen and oxygen atoms in total. The van der Waals surface area contributed by atoms with Gasteiger partial charge in [-0.1, -0.05) is 6.07 Å². The Morgan fingerprint density at radius 2 is 2.05 bits per heavy atom. The number of carbonyl (C=O) groups is 1. The molecule has 2 aromatic rings. The molecule has 0 aliphatic carbocycles. The second-order valence-corrected chi connectivity index (χ2v) is 4.96. The van der Waals surface area contributed by atoms with Crippen LogP contribution in [0.5, 0.6) is 11.5 Å². The van der Waals surface area contributed by atoms with E-state index in [1.807, 2.05) is 25.1 Å². The number of urea groups is 1. The molecule has 1 unspecified atom stereocenters. The van der Waals surface area contributed by atoms with Crippen LogP contribution in [0.3, 0.4) is 0 Å². The Balaban J connectivity index is 1.64. The summed E-state index contributed by atoms with van der Waals surface area (Å²) in [7, 11) is 0. The van der Waals surface area contributed by atoms with Crippen molar-refractivity contribution >= 4 is 11.7 Å². The van der Waals surface area contributed by atoms with Crippen molar-refractivity contribution in [1.29, 1.82) is 0 Å². The van der Waals surface area contributed by atoms with Crippen LogP contribution in [0.4, 0.5) is 10.5 Å². The van der Waals surface area contributed by atoms with E-state index in [4.69, 9.17) is 9.47 Å². The van der Waals surface area contributed by atoms with Gasteiger partial charge in [0.2, 0.25) is 0 Å². The standard InChI is InChI=1S/C16H17N3O3/c1-11(18-16(20)19-13-3-2-6-17-10-13)12-4-5-14-15(9-12)22-8-7-21-14/h2-6,9-11H,7-8H2,1H3,(H2,18,19,20). The smallest absolute Gasteiger partial charge is 0.319 e. The molecule has 0 saturated heterocycles. The Kier molecular flexibility index (Phi) is 4.09. The van der Waals surface area contributed by atoms with Crippen LogP contribution in [0.25, 0.3) is 0 Å². The minimum absolute atomic E-state index is 0.160. The molecule has 1 aliphatic heterocycles. The number of pyridine rings is 1. The van der Waals surface area contributed by atoms with E-state index in [0.29, 0.717) is 24.7 Å². The van der Waals surface area contributed by atoms with Crippen molar-refractivity contribution in [2.75, 3.05) is 18.5 Å². The minimum Gasteiger partial charge on any atom is -0.486 e. The largest absolute Gasteiger partial charge is 0.486 e. The maximum atomic E-state index is 12.0. The lowest BCUT2D eigenvalue weighted by molar-refractivity contribution is 0.171. The Bertz CT molecular complexity index is 661. The van der Waals surface area contributed by atoms with Crippen molar-refractivity contribution < 1.29 is 14.3 Å². The van der Waals surface area contributed by atoms with Gasteiger partial charge in [0.05, 0.1) is 17.9 Å². The number of nitrogens with zero attached hydrogens (tertiary/aromatic N) is 1. The molecule has 1 aromatic carbocycles. The van der Waals surface area contributed by atoms with E-state index in [9.17, 15) is 4.79 Å². The molecule has 1 aromatic heterocycles. The maximum Gasteiger partial charge on any atom is 0.319 e. The SMILES string of the molecule is CC(NC(=O)Nc1cccnc1)c1ccc2c(c1)OCCO2. The van der Waals surface area contributed by atoms with Crippen LogP contribution in [-0.4, -0.2) is 24.2 Å². The monoisotopic (exact) mass is 299 g/mol. The van der Waals surface area contributed by atoms with E-state index in [2.05, 4.69) is 15.6 Å². The van der Waals surface area contributed by atoms with E-state index in [-0.39, 0.29) is 12.1 Å². The number of hydrogen-bond donors (Lipinski definition) is 2. The Labute approximate surface area is 128 Å². The number of benzene rings is 1. The van der Waals surface area contributed by atoms with Crippen LogP contribution >= 0.6 is 0 Å². The minimum atomic E-state index is -0.282. The van der Waals surface area contributed by atoms with Crippen molar-refractivity contribution in [2.24, 2.45) is 0 Å². The van der Waals surface area contributed by atoms with Crippen molar-refractivity contribution in [3.63, 3.8) is 0 Å². The summed E-state index contributed by atoms with van der Waals surface area (Å²) in [4.78, 5) is 15.9. The predicted octanol–water partition coefficient (Wildman–Crippen LogP) is 2.74. The second kappa shape index (κ2) is 6.34. The molecule has 1 atom stereocenters. The number of rotatable bonds is 3. The number of hydrogen-bond acceptors (Lipinski definition) is 4. The van der Waals surface area contributed by atoms with Crippen molar-refractivity contribution in [2.45, 2.75) is 13.0 Å². The average molecular weight is 299 g/mol. The number of fused-ring (bicyclic) bond motifs is 1. The van der Waals surface area contributed by atoms with E-state index < -0.39 is 0 Å². The van der Waals surface area contributed by atoms with Crippen molar-refractivity contribution in [3.8, 4) is 11.5 Å². The summed E-state index contributed by atoms with van der Waals surface area (Å²) in [6, 6.07) is 8.77. The lowest BCUT2D eigenvalue weighted by Gasteiger charge is -2.21. The fourth-order valence-electron chi connectivity index (χ4n) is 2.21. The van der Waals surface area contributed by atoms with Crippen molar-refractivity contribution in [1.82, 2.24) is 10.3 Å². The first-order valence-electron chi connectivity index (χ1n) is 7.09. The molecule has 0 spiro atoms. The molecule has 2 amide bonds. The molecule has 2 heterocycles. The van der Waals surface area contributed by atoms with Gasteiger partial charge in [-0.3, -0.25) is 4.98 Å². The number of amides is 2. The Morgan fingerprint density at radius 3 is 2.82 bits per heavy atom. The lowest BCUT2D eigenvalue weighted by atomic mass is 10.1. The summed E-state index contributed by atoms with van der Waals surface area (Å²) < 4.78 is 11.0. The summed E-state index contributed by atoms with van der Waals surface area (Å²) in [6.45, 7) is 3.02. The molecule has 0 fully saturated rings. The van der Waals surface area contributed by atoms with Gasteiger partial charge < -0.3 is 20.1 Å². The third-order valence-electron chi connectivity index (χ3n) is 3.33. The quantitative estimate of drug-likeness (QED) is 0.914. The highest BCUT2D eigenvalue weighted by atomic mass is 16.6. The van der Waals surface area contributed by atoms with Gasteiger partial charge >= 0.3 is 6.03 Å². The highest BCUT2D eigenvalue weighted by Crippen LogP contribution is 2.32. The maximum absolute atomic E-state index is 12.0. The normalized spacial score (nSPS) is 14.0. The second-order valence-electron chi connectivity index (χ2n) is 4.96. The molecular weight excluding hydrogens is 282 g/mol. The molecule has 0 radical (unpaired) electrons. The molecule has 22 heavy (non-hydrogen) atoms. The van der Waals surface area contributed by atoms with Gasteiger partial charge in [0.15, 0.2) is 11.5 Å².